The van der Waals surface area contributed by atoms with Crippen LogP contribution >= 0.6 is 11.6 Å². The molecule has 0 spiro atoms. The van der Waals surface area contributed by atoms with Gasteiger partial charge in [0.2, 0.25) is 0 Å². The third kappa shape index (κ3) is 4.10. The smallest absolute Gasteiger partial charge is 0.194 e. The van der Waals surface area contributed by atoms with E-state index >= 15 is 0 Å². The minimum atomic E-state index is 0.373. The fraction of sp³-hybridized carbons (Fsp3) is 0.600. The van der Waals surface area contributed by atoms with Crippen LogP contribution in [0.1, 0.15) is 32.8 Å². The molecule has 5 heteroatoms. The number of nitrogens with zero attached hydrogens (tertiary/aromatic N) is 3. The van der Waals surface area contributed by atoms with Crippen LogP contribution in [0.2, 0.25) is 5.15 Å². The van der Waals surface area contributed by atoms with Crippen molar-refractivity contribution in [3.05, 3.63) is 29.0 Å². The van der Waals surface area contributed by atoms with E-state index in [-0.39, 0.29) is 0 Å². The Kier molecular flexibility index (Phi) is 4.86. The second-order valence-corrected chi connectivity index (χ2v) is 6.38. The van der Waals surface area contributed by atoms with E-state index in [1.807, 2.05) is 6.07 Å². The largest absolute Gasteiger partial charge is 0.357 e. The molecular formula is C15H23ClN4. The van der Waals surface area contributed by atoms with E-state index in [1.165, 1.54) is 6.42 Å². The first-order chi connectivity index (χ1) is 9.50. The van der Waals surface area contributed by atoms with Crippen molar-refractivity contribution in [3.8, 4) is 0 Å². The number of guanidine groups is 1. The van der Waals surface area contributed by atoms with Crippen molar-refractivity contribution in [1.82, 2.24) is 15.2 Å². The number of rotatable bonds is 3. The Labute approximate surface area is 126 Å². The zero-order valence-electron chi connectivity index (χ0n) is 12.5. The van der Waals surface area contributed by atoms with E-state index in [1.54, 1.807) is 12.3 Å². The van der Waals surface area contributed by atoms with Crippen LogP contribution in [-0.2, 0) is 6.54 Å². The fourth-order valence-electron chi connectivity index (χ4n) is 2.39. The molecule has 1 saturated heterocycles. The van der Waals surface area contributed by atoms with Crippen molar-refractivity contribution in [2.24, 2.45) is 10.4 Å². The summed E-state index contributed by atoms with van der Waals surface area (Å²) in [5, 5.41) is 3.89. The Hall–Kier alpha value is -1.29. The number of hydrogen-bond donors (Lipinski definition) is 1. The van der Waals surface area contributed by atoms with Crippen LogP contribution in [0.15, 0.2) is 23.3 Å². The van der Waals surface area contributed by atoms with E-state index in [0.717, 1.165) is 31.2 Å². The summed E-state index contributed by atoms with van der Waals surface area (Å²) in [6, 6.07) is 3.77. The van der Waals surface area contributed by atoms with Gasteiger partial charge in [0.15, 0.2) is 5.96 Å². The van der Waals surface area contributed by atoms with Crippen molar-refractivity contribution >= 4 is 17.6 Å². The van der Waals surface area contributed by atoms with Gasteiger partial charge in [0.25, 0.3) is 0 Å². The number of aliphatic imine (C=N–C) groups is 1. The van der Waals surface area contributed by atoms with Crippen LogP contribution in [0.25, 0.3) is 0 Å². The van der Waals surface area contributed by atoms with Gasteiger partial charge in [-0.15, -0.1) is 0 Å². The first-order valence-corrected chi connectivity index (χ1v) is 7.52. The van der Waals surface area contributed by atoms with Gasteiger partial charge >= 0.3 is 0 Å². The molecule has 20 heavy (non-hydrogen) atoms. The lowest BCUT2D eigenvalue weighted by atomic mass is 9.93. The standard InChI is InChI=1S/C15H23ClN4/c1-4-17-14(20-8-7-15(2,3)11-20)19-10-12-5-6-13(16)18-9-12/h5-6,9H,4,7-8,10-11H2,1-3H3,(H,17,19). The summed E-state index contributed by atoms with van der Waals surface area (Å²) in [6.07, 6.45) is 2.99. The number of nitrogens with one attached hydrogen (secondary N) is 1. The zero-order chi connectivity index (χ0) is 14.6. The molecule has 0 bridgehead atoms. The quantitative estimate of drug-likeness (QED) is 0.529. The van der Waals surface area contributed by atoms with E-state index < -0.39 is 0 Å². The highest BCUT2D eigenvalue weighted by molar-refractivity contribution is 6.29. The Balaban J connectivity index is 2.04. The highest BCUT2D eigenvalue weighted by atomic mass is 35.5. The van der Waals surface area contributed by atoms with Crippen LogP contribution in [0.4, 0.5) is 0 Å². The van der Waals surface area contributed by atoms with Gasteiger partial charge in [-0.3, -0.25) is 0 Å². The third-order valence-corrected chi connectivity index (χ3v) is 3.74. The van der Waals surface area contributed by atoms with Gasteiger partial charge in [0.05, 0.1) is 6.54 Å². The maximum Gasteiger partial charge on any atom is 0.194 e. The molecule has 4 nitrogen and oxygen atoms in total. The number of halogens is 1. The van der Waals surface area contributed by atoms with Crippen molar-refractivity contribution in [3.63, 3.8) is 0 Å². The summed E-state index contributed by atoms with van der Waals surface area (Å²) in [7, 11) is 0. The first kappa shape index (κ1) is 15.1. The van der Waals surface area contributed by atoms with E-state index in [4.69, 9.17) is 16.6 Å². The minimum absolute atomic E-state index is 0.373. The van der Waals surface area contributed by atoms with Gasteiger partial charge in [-0.2, -0.15) is 0 Å². The maximum atomic E-state index is 5.79. The molecule has 1 aliphatic rings. The molecule has 1 fully saturated rings. The maximum absolute atomic E-state index is 5.79. The molecule has 1 aliphatic heterocycles. The molecule has 0 atom stereocenters. The molecule has 110 valence electrons. The molecule has 0 saturated carbocycles. The van der Waals surface area contributed by atoms with Gasteiger partial charge in [-0.05, 0) is 30.4 Å². The number of likely N-dealkylation sites (tertiary alicyclic amines) is 1. The Morgan fingerprint density at radius 2 is 2.30 bits per heavy atom. The second kappa shape index (κ2) is 6.44. The summed E-state index contributed by atoms with van der Waals surface area (Å²) < 4.78 is 0. The van der Waals surface area contributed by atoms with Crippen molar-refractivity contribution in [1.29, 1.82) is 0 Å². The molecule has 0 aromatic carbocycles. The van der Waals surface area contributed by atoms with Crippen LogP contribution in [0.5, 0.6) is 0 Å². The second-order valence-electron chi connectivity index (χ2n) is 6.00. The zero-order valence-corrected chi connectivity index (χ0v) is 13.2. The lowest BCUT2D eigenvalue weighted by molar-refractivity contribution is 0.370. The van der Waals surface area contributed by atoms with Crippen molar-refractivity contribution in [2.75, 3.05) is 19.6 Å². The van der Waals surface area contributed by atoms with Gasteiger partial charge in [-0.25, -0.2) is 9.98 Å². The molecule has 0 unspecified atom stereocenters. The fourth-order valence-corrected chi connectivity index (χ4v) is 2.50. The predicted octanol–water partition coefficient (Wildman–Crippen LogP) is 2.93. The average Bonchev–Trinajstić information content (AvgIpc) is 2.77. The first-order valence-electron chi connectivity index (χ1n) is 7.14. The summed E-state index contributed by atoms with van der Waals surface area (Å²) in [5.41, 5.74) is 1.45. The van der Waals surface area contributed by atoms with E-state index in [0.29, 0.717) is 17.1 Å². The third-order valence-electron chi connectivity index (χ3n) is 3.51. The molecule has 1 N–H and O–H groups in total. The summed E-state index contributed by atoms with van der Waals surface area (Å²) in [5.74, 6) is 0.994. The van der Waals surface area contributed by atoms with Crippen LogP contribution < -0.4 is 5.32 Å². The number of aromatic nitrogens is 1. The molecular weight excluding hydrogens is 272 g/mol. The van der Waals surface area contributed by atoms with Gasteiger partial charge in [-0.1, -0.05) is 31.5 Å². The van der Waals surface area contributed by atoms with Crippen molar-refractivity contribution in [2.45, 2.75) is 33.7 Å². The van der Waals surface area contributed by atoms with Gasteiger partial charge in [0.1, 0.15) is 5.15 Å². The normalized spacial score (nSPS) is 18.4. The summed E-state index contributed by atoms with van der Waals surface area (Å²) >= 11 is 5.79. The number of pyridine rings is 1. The molecule has 0 aliphatic carbocycles. The van der Waals surface area contributed by atoms with E-state index in [2.05, 4.69) is 36.0 Å². The lowest BCUT2D eigenvalue weighted by Crippen LogP contribution is -2.40. The van der Waals surface area contributed by atoms with E-state index in [9.17, 15) is 0 Å². The van der Waals surface area contributed by atoms with Crippen LogP contribution in [-0.4, -0.2) is 35.5 Å². The summed E-state index contributed by atoms with van der Waals surface area (Å²) in [4.78, 5) is 11.1. The lowest BCUT2D eigenvalue weighted by Gasteiger charge is -2.23. The Bertz CT molecular complexity index is 467. The average molecular weight is 295 g/mol. The molecule has 1 aromatic rings. The Morgan fingerprint density at radius 1 is 1.50 bits per heavy atom. The Morgan fingerprint density at radius 3 is 2.85 bits per heavy atom. The van der Waals surface area contributed by atoms with Crippen LogP contribution in [0, 0.1) is 5.41 Å². The van der Waals surface area contributed by atoms with Gasteiger partial charge in [0, 0.05) is 25.8 Å². The van der Waals surface area contributed by atoms with Crippen LogP contribution in [0.3, 0.4) is 0 Å². The highest BCUT2D eigenvalue weighted by Gasteiger charge is 2.30. The molecule has 1 aromatic heterocycles. The van der Waals surface area contributed by atoms with Gasteiger partial charge < -0.3 is 10.2 Å². The molecule has 2 rings (SSSR count). The van der Waals surface area contributed by atoms with Crippen molar-refractivity contribution < 1.29 is 0 Å². The number of hydrogen-bond acceptors (Lipinski definition) is 2. The highest BCUT2D eigenvalue weighted by Crippen LogP contribution is 2.28. The monoisotopic (exact) mass is 294 g/mol. The summed E-state index contributed by atoms with van der Waals surface area (Å²) in [6.45, 7) is 10.3. The molecule has 2 heterocycles. The molecule has 0 radical (unpaired) electrons. The predicted molar refractivity (Wildman–Crippen MR) is 84.0 cm³/mol. The topological polar surface area (TPSA) is 40.5 Å². The molecule has 0 amide bonds. The SMILES string of the molecule is CCNC(=NCc1ccc(Cl)nc1)N1CCC(C)(C)C1. The minimum Gasteiger partial charge on any atom is -0.357 e.